The molecule has 0 aliphatic carbocycles. The number of carbonyl (C=O) groups is 2. The zero-order chi connectivity index (χ0) is 19.6. The fraction of sp³-hybridized carbons (Fsp3) is 0.682. The number of rotatable bonds is 4. The van der Waals surface area contributed by atoms with Crippen LogP contribution >= 0.6 is 0 Å². The molecule has 148 valence electrons. The van der Waals surface area contributed by atoms with E-state index in [-0.39, 0.29) is 17.2 Å². The molecule has 5 heteroatoms. The van der Waals surface area contributed by atoms with Crippen molar-refractivity contribution in [2.24, 2.45) is 11.3 Å². The van der Waals surface area contributed by atoms with E-state index < -0.39 is 0 Å². The van der Waals surface area contributed by atoms with E-state index in [0.717, 1.165) is 63.1 Å². The van der Waals surface area contributed by atoms with Gasteiger partial charge in [-0.15, -0.1) is 0 Å². The van der Waals surface area contributed by atoms with E-state index in [2.05, 4.69) is 23.7 Å². The Balaban J connectivity index is 1.72. The van der Waals surface area contributed by atoms with Crippen molar-refractivity contribution in [1.82, 2.24) is 14.8 Å². The molecule has 3 heterocycles. The number of aryl methyl sites for hydroxylation is 2. The van der Waals surface area contributed by atoms with Gasteiger partial charge < -0.3 is 9.80 Å². The Kier molecular flexibility index (Phi) is 5.87. The molecule has 1 atom stereocenters. The summed E-state index contributed by atoms with van der Waals surface area (Å²) < 4.78 is 0. The second-order valence-corrected chi connectivity index (χ2v) is 8.97. The molecule has 0 N–H and O–H groups in total. The molecule has 27 heavy (non-hydrogen) atoms. The number of nitrogens with zero attached hydrogens (tertiary/aromatic N) is 3. The molecule has 0 radical (unpaired) electrons. The van der Waals surface area contributed by atoms with Gasteiger partial charge in [0.1, 0.15) is 0 Å². The zero-order valence-corrected chi connectivity index (χ0v) is 17.3. The van der Waals surface area contributed by atoms with Crippen molar-refractivity contribution >= 4 is 11.8 Å². The van der Waals surface area contributed by atoms with E-state index in [4.69, 9.17) is 0 Å². The number of carbonyl (C=O) groups excluding carboxylic acids is 2. The van der Waals surface area contributed by atoms with Crippen molar-refractivity contribution in [1.29, 1.82) is 0 Å². The second-order valence-electron chi connectivity index (χ2n) is 8.97. The van der Waals surface area contributed by atoms with E-state index in [1.165, 1.54) is 0 Å². The summed E-state index contributed by atoms with van der Waals surface area (Å²) in [5.74, 6) is 0.963. The predicted octanol–water partition coefficient (Wildman–Crippen LogP) is 3.59. The molecule has 5 nitrogen and oxygen atoms in total. The van der Waals surface area contributed by atoms with Crippen molar-refractivity contribution in [3.05, 3.63) is 29.1 Å². The van der Waals surface area contributed by atoms with Gasteiger partial charge in [-0.25, -0.2) is 0 Å². The fourth-order valence-corrected chi connectivity index (χ4v) is 4.53. The van der Waals surface area contributed by atoms with Crippen LogP contribution in [0.1, 0.15) is 67.6 Å². The Morgan fingerprint density at radius 2 is 2.04 bits per heavy atom. The lowest BCUT2D eigenvalue weighted by Gasteiger charge is -2.48. The number of likely N-dealkylation sites (tertiary alicyclic amines) is 2. The standard InChI is InChI=1S/C22H33N3O2/c1-16(2)7-11-24-14-22(9-6-20(24)26)8-5-10-25(15-22)21(27)19-13-23-18(4)12-17(19)3/h12-13,16H,5-11,14-15H2,1-4H3/t22-/m1/s1. The summed E-state index contributed by atoms with van der Waals surface area (Å²) in [5, 5.41) is 0. The van der Waals surface area contributed by atoms with Crippen LogP contribution in [0.15, 0.2) is 12.3 Å². The van der Waals surface area contributed by atoms with Gasteiger partial charge in [0.25, 0.3) is 5.91 Å². The van der Waals surface area contributed by atoms with Crippen LogP contribution in [-0.4, -0.2) is 52.8 Å². The van der Waals surface area contributed by atoms with Crippen molar-refractivity contribution in [2.45, 2.75) is 59.8 Å². The Hall–Kier alpha value is -1.91. The maximum absolute atomic E-state index is 13.1. The van der Waals surface area contributed by atoms with E-state index in [0.29, 0.717) is 17.9 Å². The average Bonchev–Trinajstić information content (AvgIpc) is 2.62. The van der Waals surface area contributed by atoms with Gasteiger partial charge in [0.15, 0.2) is 0 Å². The average molecular weight is 372 g/mol. The van der Waals surface area contributed by atoms with Gasteiger partial charge in [-0.2, -0.15) is 0 Å². The molecule has 2 aliphatic heterocycles. The first kappa shape index (κ1) is 19.8. The van der Waals surface area contributed by atoms with Crippen LogP contribution in [0, 0.1) is 25.2 Å². The van der Waals surface area contributed by atoms with Gasteiger partial charge in [0.05, 0.1) is 5.56 Å². The zero-order valence-electron chi connectivity index (χ0n) is 17.3. The molecular formula is C22H33N3O2. The van der Waals surface area contributed by atoms with Gasteiger partial charge in [-0.05, 0) is 57.1 Å². The van der Waals surface area contributed by atoms with Crippen LogP contribution in [-0.2, 0) is 4.79 Å². The Morgan fingerprint density at radius 1 is 1.26 bits per heavy atom. The van der Waals surface area contributed by atoms with Crippen LogP contribution in [0.5, 0.6) is 0 Å². The van der Waals surface area contributed by atoms with Crippen LogP contribution in [0.25, 0.3) is 0 Å². The smallest absolute Gasteiger partial charge is 0.255 e. The molecule has 0 unspecified atom stereocenters. The minimum Gasteiger partial charge on any atom is -0.342 e. The topological polar surface area (TPSA) is 53.5 Å². The Morgan fingerprint density at radius 3 is 2.74 bits per heavy atom. The largest absolute Gasteiger partial charge is 0.342 e. The quantitative estimate of drug-likeness (QED) is 0.813. The maximum Gasteiger partial charge on any atom is 0.255 e. The van der Waals surface area contributed by atoms with Crippen molar-refractivity contribution in [3.63, 3.8) is 0 Å². The summed E-state index contributed by atoms with van der Waals surface area (Å²) >= 11 is 0. The number of hydrogen-bond acceptors (Lipinski definition) is 3. The summed E-state index contributed by atoms with van der Waals surface area (Å²) in [6.07, 6.45) is 6.39. The molecule has 1 aromatic heterocycles. The minimum atomic E-state index is 0.0603. The molecule has 3 rings (SSSR count). The monoisotopic (exact) mass is 371 g/mol. The summed E-state index contributed by atoms with van der Waals surface area (Å²) in [4.78, 5) is 33.9. The molecule has 0 saturated carbocycles. The van der Waals surface area contributed by atoms with Gasteiger partial charge in [-0.3, -0.25) is 14.6 Å². The fourth-order valence-electron chi connectivity index (χ4n) is 4.53. The van der Waals surface area contributed by atoms with Crippen molar-refractivity contribution in [3.8, 4) is 0 Å². The van der Waals surface area contributed by atoms with Gasteiger partial charge >= 0.3 is 0 Å². The third-order valence-electron chi connectivity index (χ3n) is 6.15. The molecule has 1 aromatic rings. The van der Waals surface area contributed by atoms with E-state index in [9.17, 15) is 9.59 Å². The highest BCUT2D eigenvalue weighted by atomic mass is 16.2. The molecule has 2 fully saturated rings. The SMILES string of the molecule is Cc1cc(C)c(C(=O)N2CCC[C@]3(CCC(=O)N(CCC(C)C)C3)C2)cn1. The van der Waals surface area contributed by atoms with Gasteiger partial charge in [0.2, 0.25) is 5.91 Å². The predicted molar refractivity (Wildman–Crippen MR) is 107 cm³/mol. The first-order valence-electron chi connectivity index (χ1n) is 10.3. The van der Waals surface area contributed by atoms with E-state index >= 15 is 0 Å². The third kappa shape index (κ3) is 4.50. The molecule has 2 saturated heterocycles. The van der Waals surface area contributed by atoms with E-state index in [1.807, 2.05) is 24.8 Å². The van der Waals surface area contributed by atoms with Crippen molar-refractivity contribution < 1.29 is 9.59 Å². The highest BCUT2D eigenvalue weighted by Crippen LogP contribution is 2.39. The number of aromatic nitrogens is 1. The number of pyridine rings is 1. The summed E-state index contributed by atoms with van der Waals surface area (Å²) in [5.41, 5.74) is 2.70. The van der Waals surface area contributed by atoms with Crippen LogP contribution in [0.3, 0.4) is 0 Å². The number of piperidine rings is 2. The summed E-state index contributed by atoms with van der Waals surface area (Å²) in [6, 6.07) is 1.97. The Labute approximate surface area is 163 Å². The first-order chi connectivity index (χ1) is 12.8. The lowest BCUT2D eigenvalue weighted by Crippen LogP contribution is -2.55. The molecule has 0 aromatic carbocycles. The molecule has 2 aliphatic rings. The summed E-state index contributed by atoms with van der Waals surface area (Å²) in [6.45, 7) is 11.5. The lowest BCUT2D eigenvalue weighted by molar-refractivity contribution is -0.139. The first-order valence-corrected chi connectivity index (χ1v) is 10.3. The van der Waals surface area contributed by atoms with Crippen LogP contribution in [0.2, 0.25) is 0 Å². The lowest BCUT2D eigenvalue weighted by atomic mass is 9.73. The maximum atomic E-state index is 13.1. The summed E-state index contributed by atoms with van der Waals surface area (Å²) in [7, 11) is 0. The third-order valence-corrected chi connectivity index (χ3v) is 6.15. The number of hydrogen-bond donors (Lipinski definition) is 0. The molecule has 0 bridgehead atoms. The molecule has 2 amide bonds. The highest BCUT2D eigenvalue weighted by molar-refractivity contribution is 5.95. The normalized spacial score (nSPS) is 23.4. The Bertz CT molecular complexity index is 716. The molecular weight excluding hydrogens is 338 g/mol. The van der Waals surface area contributed by atoms with Gasteiger partial charge in [-0.1, -0.05) is 13.8 Å². The highest BCUT2D eigenvalue weighted by Gasteiger charge is 2.42. The van der Waals surface area contributed by atoms with Gasteiger partial charge in [0, 0.05) is 49.9 Å². The van der Waals surface area contributed by atoms with E-state index in [1.54, 1.807) is 6.20 Å². The van der Waals surface area contributed by atoms with Crippen molar-refractivity contribution in [2.75, 3.05) is 26.2 Å². The van der Waals surface area contributed by atoms with Crippen LogP contribution < -0.4 is 0 Å². The second kappa shape index (κ2) is 7.99. The van der Waals surface area contributed by atoms with Crippen LogP contribution in [0.4, 0.5) is 0 Å². The minimum absolute atomic E-state index is 0.0603. The molecule has 1 spiro atoms. The number of amides is 2.